The van der Waals surface area contributed by atoms with Crippen molar-refractivity contribution in [3.05, 3.63) is 23.6 Å². The van der Waals surface area contributed by atoms with Crippen molar-refractivity contribution >= 4 is 12.6 Å². The van der Waals surface area contributed by atoms with Crippen molar-refractivity contribution in [2.24, 2.45) is 22.7 Å². The lowest BCUT2D eigenvalue weighted by atomic mass is 9.64. The van der Waals surface area contributed by atoms with E-state index in [1.807, 2.05) is 6.08 Å². The Morgan fingerprint density at radius 1 is 1.08 bits per heavy atom. The Hall–Kier alpha value is -0.240. The highest BCUT2D eigenvalue weighted by atomic mass is 32.1. The van der Waals surface area contributed by atoms with E-state index in [4.69, 9.17) is 0 Å². The summed E-state index contributed by atoms with van der Waals surface area (Å²) in [5.41, 5.74) is 1.24. The van der Waals surface area contributed by atoms with E-state index in [1.54, 1.807) is 0 Å². The first-order chi connectivity index (χ1) is 11.1. The van der Waals surface area contributed by atoms with Crippen LogP contribution in [0.2, 0.25) is 0 Å². The molecule has 2 heteroatoms. The van der Waals surface area contributed by atoms with Crippen LogP contribution in [0.3, 0.4) is 0 Å². The summed E-state index contributed by atoms with van der Waals surface area (Å²) in [6.45, 7) is 11.4. The maximum Gasteiger partial charge on any atom is 0.106 e. The standard InChI is InChI=1S/C22H37FS/c1-21(2,3)22(4,5)15-18-14-19(24)12-11-17(20(18)23)13-16-9-7-6-8-10-16/h11-12,16,18-19,24H,6-10,13-15H2,1-5H3. The van der Waals surface area contributed by atoms with Crippen molar-refractivity contribution < 1.29 is 4.39 Å². The Morgan fingerprint density at radius 3 is 2.29 bits per heavy atom. The highest BCUT2D eigenvalue weighted by Crippen LogP contribution is 2.47. The van der Waals surface area contributed by atoms with Gasteiger partial charge in [-0.05, 0) is 41.6 Å². The fourth-order valence-electron chi connectivity index (χ4n) is 4.01. The second-order valence-electron chi connectivity index (χ2n) is 9.78. The minimum atomic E-state index is 0.00955. The Morgan fingerprint density at radius 2 is 1.71 bits per heavy atom. The van der Waals surface area contributed by atoms with Gasteiger partial charge in [0.2, 0.25) is 0 Å². The van der Waals surface area contributed by atoms with Gasteiger partial charge in [0.25, 0.3) is 0 Å². The van der Waals surface area contributed by atoms with Crippen LogP contribution < -0.4 is 0 Å². The van der Waals surface area contributed by atoms with Gasteiger partial charge in [-0.15, -0.1) is 0 Å². The average molecular weight is 353 g/mol. The van der Waals surface area contributed by atoms with Crippen molar-refractivity contribution in [1.29, 1.82) is 0 Å². The van der Waals surface area contributed by atoms with Gasteiger partial charge in [-0.3, -0.25) is 0 Å². The van der Waals surface area contributed by atoms with E-state index in [2.05, 4.69) is 53.3 Å². The minimum Gasteiger partial charge on any atom is -0.211 e. The van der Waals surface area contributed by atoms with Gasteiger partial charge >= 0.3 is 0 Å². The first-order valence-corrected chi connectivity index (χ1v) is 10.4. The summed E-state index contributed by atoms with van der Waals surface area (Å²) in [6, 6.07) is 0. The van der Waals surface area contributed by atoms with E-state index in [0.29, 0.717) is 5.92 Å². The fraction of sp³-hybridized carbons (Fsp3) is 0.818. The Labute approximate surface area is 154 Å². The lowest BCUT2D eigenvalue weighted by Gasteiger charge is -2.41. The third-order valence-corrected chi connectivity index (χ3v) is 7.11. The zero-order valence-electron chi connectivity index (χ0n) is 16.4. The lowest BCUT2D eigenvalue weighted by molar-refractivity contribution is 0.0957. The Bertz CT molecular complexity index is 475. The molecular weight excluding hydrogens is 315 g/mol. The van der Waals surface area contributed by atoms with Crippen LogP contribution in [-0.4, -0.2) is 5.25 Å². The highest BCUT2D eigenvalue weighted by Gasteiger charge is 2.37. The minimum absolute atomic E-state index is 0.00955. The highest BCUT2D eigenvalue weighted by molar-refractivity contribution is 7.81. The van der Waals surface area contributed by atoms with Gasteiger partial charge in [-0.25, -0.2) is 4.39 Å². The van der Waals surface area contributed by atoms with E-state index >= 15 is 4.39 Å². The summed E-state index contributed by atoms with van der Waals surface area (Å²) in [6.07, 6.45) is 13.3. The van der Waals surface area contributed by atoms with Crippen LogP contribution in [0.15, 0.2) is 23.6 Å². The third kappa shape index (κ3) is 5.13. The van der Waals surface area contributed by atoms with E-state index in [0.717, 1.165) is 24.8 Å². The van der Waals surface area contributed by atoms with E-state index < -0.39 is 0 Å². The molecule has 0 amide bonds. The molecule has 138 valence electrons. The van der Waals surface area contributed by atoms with Crippen LogP contribution in [0.25, 0.3) is 0 Å². The topological polar surface area (TPSA) is 0 Å². The van der Waals surface area contributed by atoms with Crippen molar-refractivity contribution in [2.45, 2.75) is 91.2 Å². The molecule has 0 nitrogen and oxygen atoms in total. The molecule has 0 saturated heterocycles. The second kappa shape index (κ2) is 7.98. The predicted octanol–water partition coefficient (Wildman–Crippen LogP) is 7.52. The second-order valence-corrected chi connectivity index (χ2v) is 10.4. The summed E-state index contributed by atoms with van der Waals surface area (Å²) < 4.78 is 15.4. The van der Waals surface area contributed by atoms with Gasteiger partial charge in [0, 0.05) is 11.2 Å². The number of rotatable bonds is 4. The summed E-state index contributed by atoms with van der Waals surface area (Å²) in [5, 5.41) is 0.167. The lowest BCUT2D eigenvalue weighted by Crippen LogP contribution is -2.32. The normalized spacial score (nSPS) is 27.5. The maximum absolute atomic E-state index is 15.4. The zero-order chi connectivity index (χ0) is 18.0. The molecule has 0 aromatic heterocycles. The Balaban J connectivity index is 2.18. The fourth-order valence-corrected chi connectivity index (χ4v) is 4.35. The van der Waals surface area contributed by atoms with E-state index in [-0.39, 0.29) is 27.8 Å². The summed E-state index contributed by atoms with van der Waals surface area (Å²) >= 11 is 4.68. The molecule has 0 aliphatic heterocycles. The molecule has 0 bridgehead atoms. The first-order valence-electron chi connectivity index (χ1n) is 9.85. The Kier molecular flexibility index (Phi) is 6.67. The van der Waals surface area contributed by atoms with Gasteiger partial charge in [-0.1, -0.05) is 78.9 Å². The summed E-state index contributed by atoms with van der Waals surface area (Å²) in [4.78, 5) is 0. The molecule has 0 radical (unpaired) electrons. The molecule has 0 heterocycles. The molecule has 2 aliphatic rings. The van der Waals surface area contributed by atoms with Gasteiger partial charge in [-0.2, -0.15) is 12.6 Å². The smallest absolute Gasteiger partial charge is 0.106 e. The van der Waals surface area contributed by atoms with Crippen molar-refractivity contribution in [3.63, 3.8) is 0 Å². The van der Waals surface area contributed by atoms with E-state index in [9.17, 15) is 0 Å². The number of allylic oxidation sites excluding steroid dienone is 3. The van der Waals surface area contributed by atoms with Crippen molar-refractivity contribution in [1.82, 2.24) is 0 Å². The van der Waals surface area contributed by atoms with Crippen LogP contribution in [0.1, 0.15) is 86.0 Å². The molecular formula is C22H37FS. The summed E-state index contributed by atoms with van der Waals surface area (Å²) in [7, 11) is 0. The van der Waals surface area contributed by atoms with Crippen LogP contribution in [-0.2, 0) is 0 Å². The number of hydrogen-bond donors (Lipinski definition) is 1. The number of thiol groups is 1. The molecule has 2 unspecified atom stereocenters. The molecule has 0 N–H and O–H groups in total. The largest absolute Gasteiger partial charge is 0.211 e. The summed E-state index contributed by atoms with van der Waals surface area (Å²) in [5.74, 6) is 0.845. The molecule has 2 aliphatic carbocycles. The van der Waals surface area contributed by atoms with Crippen LogP contribution >= 0.6 is 12.6 Å². The van der Waals surface area contributed by atoms with Gasteiger partial charge in [0.1, 0.15) is 5.83 Å². The number of halogens is 1. The molecule has 1 fully saturated rings. The van der Waals surface area contributed by atoms with Crippen LogP contribution in [0.5, 0.6) is 0 Å². The molecule has 0 aromatic rings. The quantitative estimate of drug-likeness (QED) is 0.497. The third-order valence-electron chi connectivity index (χ3n) is 6.73. The van der Waals surface area contributed by atoms with Gasteiger partial charge in [0.05, 0.1) is 0 Å². The maximum atomic E-state index is 15.4. The SMILES string of the molecule is CC(C)(C)C(C)(C)CC1CC(S)C=CC(CC2CCCCC2)=C1F. The zero-order valence-corrected chi connectivity index (χ0v) is 17.3. The molecule has 0 spiro atoms. The first kappa shape index (κ1) is 20.1. The average Bonchev–Trinajstić information content (AvgIpc) is 2.60. The van der Waals surface area contributed by atoms with Gasteiger partial charge in [0.15, 0.2) is 0 Å². The van der Waals surface area contributed by atoms with Gasteiger partial charge < -0.3 is 0 Å². The van der Waals surface area contributed by atoms with Crippen molar-refractivity contribution in [2.75, 3.05) is 0 Å². The van der Waals surface area contributed by atoms with E-state index in [1.165, 1.54) is 32.1 Å². The van der Waals surface area contributed by atoms with Crippen LogP contribution in [0.4, 0.5) is 4.39 Å². The van der Waals surface area contributed by atoms with Crippen LogP contribution in [0, 0.1) is 22.7 Å². The monoisotopic (exact) mass is 352 g/mol. The molecule has 2 rings (SSSR count). The predicted molar refractivity (Wildman–Crippen MR) is 107 cm³/mol. The molecule has 0 aromatic carbocycles. The number of hydrogen-bond acceptors (Lipinski definition) is 1. The molecule has 1 saturated carbocycles. The molecule has 2 atom stereocenters. The molecule has 24 heavy (non-hydrogen) atoms. The van der Waals surface area contributed by atoms with Crippen molar-refractivity contribution in [3.8, 4) is 0 Å².